The third kappa shape index (κ3) is 3.15. The third-order valence-corrected chi connectivity index (χ3v) is 3.55. The van der Waals surface area contributed by atoms with Crippen molar-refractivity contribution in [2.45, 2.75) is 18.5 Å². The van der Waals surface area contributed by atoms with E-state index in [1.54, 1.807) is 6.26 Å². The molecule has 0 saturated carbocycles. The van der Waals surface area contributed by atoms with Crippen LogP contribution < -0.4 is 5.73 Å². The van der Waals surface area contributed by atoms with Crippen molar-refractivity contribution in [3.63, 3.8) is 0 Å². The second-order valence-corrected chi connectivity index (χ2v) is 4.87. The average molecular weight is 280 g/mol. The van der Waals surface area contributed by atoms with Gasteiger partial charge in [-0.25, -0.2) is 0 Å². The van der Waals surface area contributed by atoms with Gasteiger partial charge in [-0.15, -0.1) is 12.4 Å². The van der Waals surface area contributed by atoms with Gasteiger partial charge in [0.2, 0.25) is 0 Å². The lowest BCUT2D eigenvalue weighted by molar-refractivity contribution is 0.307. The molecule has 1 saturated heterocycles. The highest BCUT2D eigenvalue weighted by Gasteiger charge is 2.31. The minimum absolute atomic E-state index is 0. The van der Waals surface area contributed by atoms with Gasteiger partial charge in [-0.1, -0.05) is 35.5 Å². The van der Waals surface area contributed by atoms with Crippen LogP contribution in [0.4, 0.5) is 0 Å². The number of aromatic nitrogens is 1. The van der Waals surface area contributed by atoms with E-state index in [0.717, 1.165) is 25.3 Å². The van der Waals surface area contributed by atoms with Crippen molar-refractivity contribution in [3.05, 3.63) is 53.9 Å². The smallest absolute Gasteiger partial charge is 0.124 e. The lowest BCUT2D eigenvalue weighted by Gasteiger charge is -2.14. The van der Waals surface area contributed by atoms with Crippen molar-refractivity contribution in [3.8, 4) is 0 Å². The van der Waals surface area contributed by atoms with Crippen molar-refractivity contribution in [1.82, 2.24) is 10.1 Å². The van der Waals surface area contributed by atoms with Gasteiger partial charge in [0.15, 0.2) is 0 Å². The molecule has 0 bridgehead atoms. The van der Waals surface area contributed by atoms with Crippen LogP contribution in [0.3, 0.4) is 0 Å². The highest BCUT2D eigenvalue weighted by Crippen LogP contribution is 2.27. The first-order chi connectivity index (χ1) is 8.83. The van der Waals surface area contributed by atoms with E-state index in [-0.39, 0.29) is 18.4 Å². The molecule has 0 unspecified atom stereocenters. The summed E-state index contributed by atoms with van der Waals surface area (Å²) in [5.74, 6) is 0.415. The summed E-state index contributed by atoms with van der Waals surface area (Å²) in [6, 6.07) is 12.6. The van der Waals surface area contributed by atoms with Crippen LogP contribution in [-0.4, -0.2) is 29.2 Å². The molecular formula is C14H18ClN3O. The first-order valence-electron chi connectivity index (χ1n) is 6.25. The lowest BCUT2D eigenvalue weighted by atomic mass is 9.95. The molecule has 1 aliphatic rings. The minimum atomic E-state index is 0. The Hall–Kier alpha value is -1.36. The van der Waals surface area contributed by atoms with Crippen molar-refractivity contribution in [2.24, 2.45) is 5.73 Å². The highest BCUT2D eigenvalue weighted by molar-refractivity contribution is 5.85. The van der Waals surface area contributed by atoms with Crippen LogP contribution >= 0.6 is 12.4 Å². The molecule has 1 aromatic carbocycles. The summed E-state index contributed by atoms with van der Waals surface area (Å²) in [6.45, 7) is 2.71. The average Bonchev–Trinajstić information content (AvgIpc) is 3.01. The summed E-state index contributed by atoms with van der Waals surface area (Å²) >= 11 is 0. The van der Waals surface area contributed by atoms with E-state index >= 15 is 0 Å². The Balaban J connectivity index is 0.00000133. The molecule has 2 heterocycles. The number of nitrogens with two attached hydrogens (primary N) is 1. The van der Waals surface area contributed by atoms with Gasteiger partial charge in [-0.3, -0.25) is 4.90 Å². The van der Waals surface area contributed by atoms with Gasteiger partial charge < -0.3 is 10.3 Å². The van der Waals surface area contributed by atoms with E-state index in [1.165, 1.54) is 5.56 Å². The van der Waals surface area contributed by atoms with Gasteiger partial charge in [0.05, 0.1) is 5.69 Å². The molecule has 0 amide bonds. The van der Waals surface area contributed by atoms with Gasteiger partial charge >= 0.3 is 0 Å². The van der Waals surface area contributed by atoms with E-state index in [1.807, 2.05) is 12.1 Å². The highest BCUT2D eigenvalue weighted by atomic mass is 35.5. The number of hydrogen-bond acceptors (Lipinski definition) is 4. The van der Waals surface area contributed by atoms with Gasteiger partial charge in [0.1, 0.15) is 6.26 Å². The molecule has 19 heavy (non-hydrogen) atoms. The zero-order chi connectivity index (χ0) is 12.4. The largest absolute Gasteiger partial charge is 0.364 e. The lowest BCUT2D eigenvalue weighted by Crippen LogP contribution is -2.28. The minimum Gasteiger partial charge on any atom is -0.364 e. The van der Waals surface area contributed by atoms with Crippen molar-refractivity contribution < 1.29 is 4.52 Å². The molecule has 2 aromatic rings. The third-order valence-electron chi connectivity index (χ3n) is 3.55. The zero-order valence-corrected chi connectivity index (χ0v) is 11.4. The summed E-state index contributed by atoms with van der Waals surface area (Å²) < 4.78 is 4.86. The Labute approximate surface area is 119 Å². The first-order valence-corrected chi connectivity index (χ1v) is 6.25. The Bertz CT molecular complexity index is 489. The summed E-state index contributed by atoms with van der Waals surface area (Å²) in [5.41, 5.74) is 8.54. The van der Waals surface area contributed by atoms with Crippen LogP contribution in [0.25, 0.3) is 0 Å². The zero-order valence-electron chi connectivity index (χ0n) is 10.6. The molecule has 102 valence electrons. The van der Waals surface area contributed by atoms with Crippen LogP contribution in [0, 0.1) is 0 Å². The van der Waals surface area contributed by atoms with Crippen molar-refractivity contribution in [1.29, 1.82) is 0 Å². The van der Waals surface area contributed by atoms with Gasteiger partial charge in [0, 0.05) is 37.7 Å². The monoisotopic (exact) mass is 279 g/mol. The molecule has 1 aliphatic heterocycles. The molecule has 5 heteroatoms. The molecule has 0 radical (unpaired) electrons. The molecule has 0 aliphatic carbocycles. The second-order valence-electron chi connectivity index (χ2n) is 4.87. The predicted octanol–water partition coefficient (Wildman–Crippen LogP) is 2.02. The number of benzene rings is 1. The maximum absolute atomic E-state index is 6.24. The van der Waals surface area contributed by atoms with Gasteiger partial charge in [0.25, 0.3) is 0 Å². The van der Waals surface area contributed by atoms with Gasteiger partial charge in [-0.2, -0.15) is 0 Å². The number of halogens is 1. The Morgan fingerprint density at radius 1 is 1.21 bits per heavy atom. The van der Waals surface area contributed by atoms with Crippen molar-refractivity contribution >= 4 is 12.4 Å². The Morgan fingerprint density at radius 2 is 2.00 bits per heavy atom. The maximum atomic E-state index is 6.24. The van der Waals surface area contributed by atoms with Crippen LogP contribution in [0.15, 0.2) is 47.2 Å². The SMILES string of the molecule is Cl.N[C@@H]1CN(Cc2ccon2)C[C@H]1c1ccccc1. The topological polar surface area (TPSA) is 55.3 Å². The normalized spacial score (nSPS) is 23.2. The summed E-state index contributed by atoms with van der Waals surface area (Å²) in [5, 5.41) is 3.95. The molecular weight excluding hydrogens is 262 g/mol. The van der Waals surface area contributed by atoms with Crippen LogP contribution in [-0.2, 0) is 6.54 Å². The quantitative estimate of drug-likeness (QED) is 0.934. The molecule has 0 spiro atoms. The fraction of sp³-hybridized carbons (Fsp3) is 0.357. The maximum Gasteiger partial charge on any atom is 0.124 e. The van der Waals surface area contributed by atoms with E-state index in [0.29, 0.717) is 5.92 Å². The number of rotatable bonds is 3. The van der Waals surface area contributed by atoms with E-state index in [2.05, 4.69) is 34.3 Å². The first kappa shape index (κ1) is 14.1. The molecule has 1 aromatic heterocycles. The summed E-state index contributed by atoms with van der Waals surface area (Å²) in [7, 11) is 0. The fourth-order valence-electron chi connectivity index (χ4n) is 2.64. The van der Waals surface area contributed by atoms with Crippen LogP contribution in [0.2, 0.25) is 0 Å². The van der Waals surface area contributed by atoms with Crippen molar-refractivity contribution in [2.75, 3.05) is 13.1 Å². The molecule has 1 fully saturated rings. The van der Waals surface area contributed by atoms with E-state index in [4.69, 9.17) is 10.3 Å². The fourth-order valence-corrected chi connectivity index (χ4v) is 2.64. The Kier molecular flexibility index (Phi) is 4.58. The number of likely N-dealkylation sites (tertiary alicyclic amines) is 1. The number of nitrogens with zero attached hydrogens (tertiary/aromatic N) is 2. The van der Waals surface area contributed by atoms with Gasteiger partial charge in [-0.05, 0) is 5.56 Å². The second kappa shape index (κ2) is 6.19. The number of hydrogen-bond donors (Lipinski definition) is 1. The molecule has 4 nitrogen and oxygen atoms in total. The molecule has 3 rings (SSSR count). The predicted molar refractivity (Wildman–Crippen MR) is 76.2 cm³/mol. The van der Waals surface area contributed by atoms with E-state index in [9.17, 15) is 0 Å². The summed E-state index contributed by atoms with van der Waals surface area (Å²) in [6.07, 6.45) is 1.61. The molecule has 2 N–H and O–H groups in total. The van der Waals surface area contributed by atoms with Crippen LogP contribution in [0.5, 0.6) is 0 Å². The van der Waals surface area contributed by atoms with E-state index < -0.39 is 0 Å². The molecule has 2 atom stereocenters. The van der Waals surface area contributed by atoms with Crippen LogP contribution in [0.1, 0.15) is 17.2 Å². The summed E-state index contributed by atoms with van der Waals surface area (Å²) in [4.78, 5) is 2.33. The Morgan fingerprint density at radius 3 is 2.68 bits per heavy atom. The standard InChI is InChI=1S/C14H17N3O.ClH/c15-14-10-17(8-12-6-7-18-16-12)9-13(14)11-4-2-1-3-5-11;/h1-7,13-14H,8-10,15H2;1H/t13-,14+;/m0./s1.